The smallest absolute Gasteiger partial charge is 0.338 e. The number of carbonyl (C=O) groups excluding carboxylic acids is 3. The molecule has 10 nitrogen and oxygen atoms in total. The predicted molar refractivity (Wildman–Crippen MR) is 152 cm³/mol. The normalized spacial score (nSPS) is 21.0. The second-order valence-corrected chi connectivity index (χ2v) is 10.9. The Balaban J connectivity index is 1.60. The number of carbonyl (C=O) groups is 5. The van der Waals surface area contributed by atoms with Gasteiger partial charge in [-0.25, -0.2) is 4.79 Å². The third-order valence-corrected chi connectivity index (χ3v) is 8.23. The number of carboxylic acids is 2. The van der Waals surface area contributed by atoms with Gasteiger partial charge in [-0.2, -0.15) is 0 Å². The second kappa shape index (κ2) is 12.8. The number of rotatable bonds is 10. The molecule has 1 amide bonds. The molecule has 3 aromatic rings. The van der Waals surface area contributed by atoms with Crippen molar-refractivity contribution in [1.82, 2.24) is 5.32 Å². The number of fused-ring (bicyclic) bond motifs is 1. The fraction of sp³-hybridized carbons (Fsp3) is 0.300. The lowest BCUT2D eigenvalue weighted by Gasteiger charge is -2.45. The van der Waals surface area contributed by atoms with Crippen LogP contribution < -0.4 is 5.32 Å². The number of nitrogens with one attached hydrogen (secondary N) is 1. The van der Waals surface area contributed by atoms with Gasteiger partial charge in [-0.1, -0.05) is 59.6 Å². The zero-order chi connectivity index (χ0) is 30.7. The minimum Gasteiger partial charge on any atom is -0.481 e. The Morgan fingerprint density at radius 3 is 2.10 bits per heavy atom. The molecule has 3 N–H and O–H groups in total. The molecule has 0 bridgehead atoms. The minimum absolute atomic E-state index is 0.0862. The van der Waals surface area contributed by atoms with Crippen molar-refractivity contribution in [2.24, 2.45) is 23.7 Å². The van der Waals surface area contributed by atoms with Gasteiger partial charge in [-0.3, -0.25) is 19.2 Å². The van der Waals surface area contributed by atoms with Crippen LogP contribution in [0.15, 0.2) is 60.7 Å². The number of carboxylic acid groups (broad SMARTS) is 2. The molecule has 220 valence electrons. The van der Waals surface area contributed by atoms with Crippen LogP contribution in [0, 0.1) is 23.7 Å². The fourth-order valence-electron chi connectivity index (χ4n) is 5.27. The van der Waals surface area contributed by atoms with Crippen molar-refractivity contribution in [1.29, 1.82) is 0 Å². The Morgan fingerprint density at radius 1 is 0.833 bits per heavy atom. The van der Waals surface area contributed by atoms with E-state index < -0.39 is 65.6 Å². The molecule has 6 atom stereocenters. The quantitative estimate of drug-likeness (QED) is 0.284. The zero-order valence-electron chi connectivity index (χ0n) is 22.5. The summed E-state index contributed by atoms with van der Waals surface area (Å²) in [5, 5.41) is 24.2. The van der Waals surface area contributed by atoms with Crippen molar-refractivity contribution >= 4 is 63.8 Å². The molecule has 0 radical (unpaired) electrons. The zero-order valence-corrected chi connectivity index (χ0v) is 24.0. The number of amides is 1. The Bertz CT molecular complexity index is 1560. The molecule has 0 unspecified atom stereocenters. The molecule has 1 aliphatic rings. The molecule has 0 saturated heterocycles. The van der Waals surface area contributed by atoms with Gasteiger partial charge in [-0.05, 0) is 47.5 Å². The summed E-state index contributed by atoms with van der Waals surface area (Å²) in [6.45, 7) is 1.55. The summed E-state index contributed by atoms with van der Waals surface area (Å²) in [6.07, 6.45) is -0.900. The summed E-state index contributed by atoms with van der Waals surface area (Å²) in [4.78, 5) is 62.6. The number of aliphatic carboxylic acids is 2. The highest BCUT2D eigenvalue weighted by Gasteiger charge is 2.64. The first kappa shape index (κ1) is 30.8. The van der Waals surface area contributed by atoms with Gasteiger partial charge < -0.3 is 25.0 Å². The number of methoxy groups -OCH3 is 1. The SMILES string of the molecule is COC(=O)[C@H]1[C@@H](C(=O)O)[C@H](C(=O)O)[C@@H]1C(=O)N[C@@H](C)[C@@H](Cc1ccc(Cl)c(Cl)c1)OC(=O)c1ccc2ccccc2c1. The number of esters is 2. The van der Waals surface area contributed by atoms with Crippen LogP contribution in [0.3, 0.4) is 0 Å². The van der Waals surface area contributed by atoms with Crippen molar-refractivity contribution in [3.63, 3.8) is 0 Å². The van der Waals surface area contributed by atoms with Gasteiger partial charge in [-0.15, -0.1) is 0 Å². The highest BCUT2D eigenvalue weighted by molar-refractivity contribution is 6.42. The molecule has 0 heterocycles. The van der Waals surface area contributed by atoms with Gasteiger partial charge in [0.15, 0.2) is 0 Å². The summed E-state index contributed by atoms with van der Waals surface area (Å²) in [6, 6.07) is 16.5. The lowest BCUT2D eigenvalue weighted by molar-refractivity contribution is -0.188. The topological polar surface area (TPSA) is 156 Å². The van der Waals surface area contributed by atoms with Crippen molar-refractivity contribution in [3.05, 3.63) is 81.8 Å². The van der Waals surface area contributed by atoms with Crippen molar-refractivity contribution < 1.29 is 43.7 Å². The van der Waals surface area contributed by atoms with Gasteiger partial charge in [0.25, 0.3) is 0 Å². The molecule has 12 heteroatoms. The average molecular weight is 616 g/mol. The molecule has 4 rings (SSSR count). The third-order valence-electron chi connectivity index (χ3n) is 7.49. The van der Waals surface area contributed by atoms with Gasteiger partial charge in [0, 0.05) is 6.42 Å². The van der Waals surface area contributed by atoms with E-state index in [4.69, 9.17) is 27.9 Å². The van der Waals surface area contributed by atoms with E-state index in [9.17, 15) is 34.2 Å². The van der Waals surface area contributed by atoms with E-state index in [0.717, 1.165) is 17.9 Å². The van der Waals surface area contributed by atoms with Crippen molar-refractivity contribution in [2.75, 3.05) is 7.11 Å². The first-order chi connectivity index (χ1) is 19.9. The summed E-state index contributed by atoms with van der Waals surface area (Å²) < 4.78 is 10.5. The van der Waals surface area contributed by atoms with Crippen LogP contribution in [0.2, 0.25) is 10.0 Å². The first-order valence-electron chi connectivity index (χ1n) is 12.9. The standard InChI is InChI=1S/C30H27Cl2NO9/c1-14(33-26(34)22-23(27(35)36)24(28(37)38)25(22)30(40)41-2)21(12-15-7-10-19(31)20(32)11-15)42-29(39)18-9-8-16-5-3-4-6-17(16)13-18/h3-11,13-14,21-25H,12H2,1-2H3,(H,33,34)(H,35,36)(H,37,38)/t14-,21+,22-,23+,24-,25+/m0/s1. The van der Waals surface area contributed by atoms with Crippen LogP contribution in [0.4, 0.5) is 0 Å². The highest BCUT2D eigenvalue weighted by atomic mass is 35.5. The maximum absolute atomic E-state index is 13.4. The lowest BCUT2D eigenvalue weighted by atomic mass is 9.56. The van der Waals surface area contributed by atoms with Gasteiger partial charge >= 0.3 is 23.9 Å². The van der Waals surface area contributed by atoms with E-state index >= 15 is 0 Å². The molecular weight excluding hydrogens is 589 g/mol. The summed E-state index contributed by atoms with van der Waals surface area (Å²) in [7, 11) is 1.02. The average Bonchev–Trinajstić information content (AvgIpc) is 2.93. The maximum Gasteiger partial charge on any atom is 0.338 e. The maximum atomic E-state index is 13.4. The van der Waals surface area contributed by atoms with Crippen molar-refractivity contribution in [3.8, 4) is 0 Å². The Morgan fingerprint density at radius 2 is 1.48 bits per heavy atom. The first-order valence-corrected chi connectivity index (χ1v) is 13.7. The largest absolute Gasteiger partial charge is 0.481 e. The van der Waals surface area contributed by atoms with Crippen LogP contribution >= 0.6 is 23.2 Å². The number of hydrogen-bond acceptors (Lipinski definition) is 7. The summed E-state index contributed by atoms with van der Waals surface area (Å²) in [5.41, 5.74) is 0.901. The Kier molecular flexibility index (Phi) is 9.38. The second-order valence-electron chi connectivity index (χ2n) is 10.1. The number of ether oxygens (including phenoxy) is 2. The Hall–Kier alpha value is -4.15. The molecule has 1 aliphatic carbocycles. The molecule has 1 fully saturated rings. The fourth-order valence-corrected chi connectivity index (χ4v) is 5.59. The van der Waals surface area contributed by atoms with E-state index in [1.54, 1.807) is 43.3 Å². The van der Waals surface area contributed by atoms with Crippen LogP contribution in [0.1, 0.15) is 22.8 Å². The highest BCUT2D eigenvalue weighted by Crippen LogP contribution is 2.47. The van der Waals surface area contributed by atoms with E-state index in [0.29, 0.717) is 10.6 Å². The molecule has 1 saturated carbocycles. The Labute approximate surface area is 250 Å². The molecule has 0 aromatic heterocycles. The van der Waals surface area contributed by atoms with Crippen molar-refractivity contribution in [2.45, 2.75) is 25.5 Å². The number of halogens is 2. The number of hydrogen-bond donors (Lipinski definition) is 3. The molecule has 3 aromatic carbocycles. The third kappa shape index (κ3) is 6.34. The van der Waals surface area contributed by atoms with Crippen LogP contribution in [0.5, 0.6) is 0 Å². The van der Waals surface area contributed by atoms with Crippen LogP contribution in [-0.4, -0.2) is 59.3 Å². The molecule has 42 heavy (non-hydrogen) atoms. The molecule has 0 spiro atoms. The molecular formula is C30H27Cl2NO9. The monoisotopic (exact) mass is 615 g/mol. The lowest BCUT2D eigenvalue weighted by Crippen LogP contribution is -2.63. The van der Waals surface area contributed by atoms with E-state index in [2.05, 4.69) is 10.1 Å². The van der Waals surface area contributed by atoms with Gasteiger partial charge in [0.1, 0.15) is 6.10 Å². The van der Waals surface area contributed by atoms with E-state index in [1.165, 1.54) is 0 Å². The van der Waals surface area contributed by atoms with Crippen LogP contribution in [0.25, 0.3) is 10.8 Å². The summed E-state index contributed by atoms with van der Waals surface area (Å²) >= 11 is 12.2. The van der Waals surface area contributed by atoms with Gasteiger partial charge in [0.05, 0.1) is 52.4 Å². The summed E-state index contributed by atoms with van der Waals surface area (Å²) in [5.74, 6) is -12.0. The van der Waals surface area contributed by atoms with Crippen LogP contribution in [-0.2, 0) is 35.1 Å². The van der Waals surface area contributed by atoms with E-state index in [-0.39, 0.29) is 17.0 Å². The number of benzene rings is 3. The van der Waals surface area contributed by atoms with Gasteiger partial charge in [0.2, 0.25) is 5.91 Å². The predicted octanol–water partition coefficient (Wildman–Crippen LogP) is 4.24. The minimum atomic E-state index is -1.66. The molecule has 0 aliphatic heterocycles. The van der Waals surface area contributed by atoms with E-state index in [1.807, 2.05) is 24.3 Å².